The number of amides is 1. The van der Waals surface area contributed by atoms with Crippen molar-refractivity contribution in [1.29, 1.82) is 0 Å². The molecule has 0 radical (unpaired) electrons. The van der Waals surface area contributed by atoms with Gasteiger partial charge in [0.2, 0.25) is 0 Å². The van der Waals surface area contributed by atoms with E-state index in [1.54, 1.807) is 47.2 Å². The van der Waals surface area contributed by atoms with E-state index in [-0.39, 0.29) is 23.4 Å². The molecule has 0 unspecified atom stereocenters. The van der Waals surface area contributed by atoms with E-state index in [1.165, 1.54) is 6.07 Å². The number of carbonyl (C=O) groups is 1. The summed E-state index contributed by atoms with van der Waals surface area (Å²) in [7, 11) is 0. The number of aromatic nitrogens is 3. The molecule has 0 bridgehead atoms. The van der Waals surface area contributed by atoms with Crippen LogP contribution in [-0.4, -0.2) is 20.4 Å². The molecule has 0 saturated heterocycles. The summed E-state index contributed by atoms with van der Waals surface area (Å²) in [5.41, 5.74) is 2.20. The number of fused-ring (bicyclic) bond motifs is 1. The van der Waals surface area contributed by atoms with Gasteiger partial charge in [-0.15, -0.1) is 0 Å². The highest BCUT2D eigenvalue weighted by atomic mass is 19.1. The second kappa shape index (κ2) is 8.43. The third-order valence-corrected chi connectivity index (χ3v) is 4.89. The molecule has 2 heterocycles. The maximum Gasteiger partial charge on any atom is 0.278 e. The zero-order valence-corrected chi connectivity index (χ0v) is 16.6. The van der Waals surface area contributed by atoms with Gasteiger partial charge in [-0.2, -0.15) is 0 Å². The van der Waals surface area contributed by atoms with Crippen LogP contribution in [0.5, 0.6) is 0 Å². The summed E-state index contributed by atoms with van der Waals surface area (Å²) >= 11 is 0. The zero-order valence-electron chi connectivity index (χ0n) is 16.6. The van der Waals surface area contributed by atoms with Crippen LogP contribution in [0.4, 0.5) is 8.78 Å². The summed E-state index contributed by atoms with van der Waals surface area (Å²) in [5.74, 6) is -1.82. The van der Waals surface area contributed by atoms with E-state index in [2.05, 4.69) is 15.3 Å². The lowest BCUT2D eigenvalue weighted by molar-refractivity contribution is 0.0950. The van der Waals surface area contributed by atoms with Crippen LogP contribution in [0.3, 0.4) is 0 Å². The number of benzene rings is 2. The van der Waals surface area contributed by atoms with Gasteiger partial charge in [-0.3, -0.25) is 14.2 Å². The maximum absolute atomic E-state index is 13.7. The van der Waals surface area contributed by atoms with Crippen molar-refractivity contribution in [1.82, 2.24) is 19.9 Å². The van der Waals surface area contributed by atoms with E-state index in [0.717, 1.165) is 12.1 Å². The Morgan fingerprint density at radius 3 is 2.58 bits per heavy atom. The number of nitrogens with one attached hydrogen (secondary N) is 1. The van der Waals surface area contributed by atoms with Gasteiger partial charge >= 0.3 is 0 Å². The first-order chi connectivity index (χ1) is 15.0. The number of aryl methyl sites for hydroxylation is 1. The Morgan fingerprint density at radius 1 is 1.10 bits per heavy atom. The predicted octanol–water partition coefficient (Wildman–Crippen LogP) is 3.69. The van der Waals surface area contributed by atoms with Crippen molar-refractivity contribution >= 4 is 17.1 Å². The molecule has 31 heavy (non-hydrogen) atoms. The van der Waals surface area contributed by atoms with E-state index in [0.29, 0.717) is 28.8 Å². The molecular formula is C23H18F2N4O2. The molecule has 0 aliphatic heterocycles. The minimum Gasteiger partial charge on any atom is -0.348 e. The molecule has 0 saturated carbocycles. The summed E-state index contributed by atoms with van der Waals surface area (Å²) in [6.07, 6.45) is 1.61. The highest BCUT2D eigenvalue weighted by Crippen LogP contribution is 2.18. The van der Waals surface area contributed by atoms with E-state index in [1.807, 2.05) is 6.92 Å². The Morgan fingerprint density at radius 2 is 1.87 bits per heavy atom. The molecule has 1 amide bonds. The van der Waals surface area contributed by atoms with Crippen LogP contribution in [0.2, 0.25) is 0 Å². The normalized spacial score (nSPS) is 10.9. The molecule has 0 fully saturated rings. The number of hydrogen-bond donors (Lipinski definition) is 1. The van der Waals surface area contributed by atoms with Crippen LogP contribution in [0, 0.1) is 11.6 Å². The zero-order chi connectivity index (χ0) is 22.0. The fourth-order valence-electron chi connectivity index (χ4n) is 3.28. The lowest BCUT2D eigenvalue weighted by atomic mass is 10.1. The van der Waals surface area contributed by atoms with Crippen LogP contribution >= 0.6 is 0 Å². The van der Waals surface area contributed by atoms with Gasteiger partial charge in [0.05, 0.1) is 0 Å². The van der Waals surface area contributed by atoms with Crippen LogP contribution in [0.15, 0.2) is 65.6 Å². The molecule has 2 aromatic carbocycles. The smallest absolute Gasteiger partial charge is 0.278 e. The third-order valence-electron chi connectivity index (χ3n) is 4.89. The van der Waals surface area contributed by atoms with Crippen molar-refractivity contribution in [2.45, 2.75) is 20.0 Å². The number of nitrogens with zero attached hydrogens (tertiary/aromatic N) is 3. The fourth-order valence-corrected chi connectivity index (χ4v) is 3.28. The molecule has 6 nitrogen and oxygen atoms in total. The molecule has 8 heteroatoms. The van der Waals surface area contributed by atoms with Crippen LogP contribution in [-0.2, 0) is 13.1 Å². The second-order valence-electron chi connectivity index (χ2n) is 6.85. The lowest BCUT2D eigenvalue weighted by Gasteiger charge is -2.10. The summed E-state index contributed by atoms with van der Waals surface area (Å²) in [6, 6.07) is 13.1. The number of pyridine rings is 1. The minimum absolute atomic E-state index is 0.0763. The molecule has 0 atom stereocenters. The standard InChI is InChI=1S/C23H18F2N4O2/c1-2-29-21-19(4-3-11-26-21)28-20(23(29)31)14-5-7-15(8-6-14)22(30)27-13-16-9-10-17(24)12-18(16)25/h3-12H,2,13H2,1H3,(H,27,30). The molecule has 4 aromatic rings. The van der Waals surface area contributed by atoms with E-state index < -0.39 is 17.5 Å². The SMILES string of the molecule is CCn1c(=O)c(-c2ccc(C(=O)NCc3ccc(F)cc3F)cc2)nc2cccnc21. The van der Waals surface area contributed by atoms with Crippen molar-refractivity contribution in [3.8, 4) is 11.3 Å². The minimum atomic E-state index is -0.722. The second-order valence-corrected chi connectivity index (χ2v) is 6.85. The number of halogens is 2. The fraction of sp³-hybridized carbons (Fsp3) is 0.130. The highest BCUT2D eigenvalue weighted by Gasteiger charge is 2.14. The van der Waals surface area contributed by atoms with Crippen molar-refractivity contribution in [2.24, 2.45) is 0 Å². The Hall–Kier alpha value is -3.94. The first kappa shape index (κ1) is 20.3. The first-order valence-corrected chi connectivity index (χ1v) is 9.66. The number of carbonyl (C=O) groups excluding carboxylic acids is 1. The van der Waals surface area contributed by atoms with Crippen molar-refractivity contribution in [3.63, 3.8) is 0 Å². The monoisotopic (exact) mass is 420 g/mol. The quantitative estimate of drug-likeness (QED) is 0.534. The first-order valence-electron chi connectivity index (χ1n) is 9.66. The van der Waals surface area contributed by atoms with Gasteiger partial charge in [0, 0.05) is 42.0 Å². The number of rotatable bonds is 5. The van der Waals surface area contributed by atoms with Crippen molar-refractivity contribution in [3.05, 3.63) is 93.9 Å². The molecule has 0 spiro atoms. The topological polar surface area (TPSA) is 76.9 Å². The number of hydrogen-bond acceptors (Lipinski definition) is 4. The van der Waals surface area contributed by atoms with Gasteiger partial charge < -0.3 is 5.32 Å². The Kier molecular flexibility index (Phi) is 5.53. The molecule has 2 aromatic heterocycles. The van der Waals surface area contributed by atoms with Gasteiger partial charge in [-0.05, 0) is 37.3 Å². The van der Waals surface area contributed by atoms with Crippen molar-refractivity contribution in [2.75, 3.05) is 0 Å². The van der Waals surface area contributed by atoms with Crippen LogP contribution < -0.4 is 10.9 Å². The van der Waals surface area contributed by atoms with Crippen molar-refractivity contribution < 1.29 is 13.6 Å². The molecule has 1 N–H and O–H groups in total. The predicted molar refractivity (Wildman–Crippen MR) is 112 cm³/mol. The van der Waals surface area contributed by atoms with Crippen LogP contribution in [0.25, 0.3) is 22.4 Å². The summed E-state index contributed by atoms with van der Waals surface area (Å²) < 4.78 is 28.3. The van der Waals surface area contributed by atoms with E-state index in [4.69, 9.17) is 0 Å². The summed E-state index contributed by atoms with van der Waals surface area (Å²) in [5, 5.41) is 2.60. The van der Waals surface area contributed by atoms with Gasteiger partial charge in [-0.1, -0.05) is 18.2 Å². The van der Waals surface area contributed by atoms with E-state index in [9.17, 15) is 18.4 Å². The molecule has 156 valence electrons. The largest absolute Gasteiger partial charge is 0.348 e. The van der Waals surface area contributed by atoms with Gasteiger partial charge in [0.1, 0.15) is 22.8 Å². The Balaban J connectivity index is 1.57. The molecular weight excluding hydrogens is 402 g/mol. The van der Waals surface area contributed by atoms with Crippen LogP contribution in [0.1, 0.15) is 22.8 Å². The molecule has 0 aliphatic carbocycles. The Bertz CT molecular complexity index is 1330. The summed E-state index contributed by atoms with van der Waals surface area (Å²) in [6.45, 7) is 2.23. The van der Waals surface area contributed by atoms with E-state index >= 15 is 0 Å². The van der Waals surface area contributed by atoms with Gasteiger partial charge in [0.25, 0.3) is 11.5 Å². The summed E-state index contributed by atoms with van der Waals surface area (Å²) in [4.78, 5) is 33.9. The van der Waals surface area contributed by atoms with Gasteiger partial charge in [-0.25, -0.2) is 18.7 Å². The highest BCUT2D eigenvalue weighted by molar-refractivity contribution is 5.94. The average Bonchev–Trinajstić information content (AvgIpc) is 2.78. The molecule has 0 aliphatic rings. The Labute approximate surface area is 176 Å². The maximum atomic E-state index is 13.7. The van der Waals surface area contributed by atoms with Gasteiger partial charge in [0.15, 0.2) is 5.65 Å². The lowest BCUT2D eigenvalue weighted by Crippen LogP contribution is -2.24. The average molecular weight is 420 g/mol. The molecule has 4 rings (SSSR count). The third kappa shape index (κ3) is 4.05.